The summed E-state index contributed by atoms with van der Waals surface area (Å²) in [6, 6.07) is 30.1. The van der Waals surface area contributed by atoms with E-state index in [9.17, 15) is 0 Å². The van der Waals surface area contributed by atoms with Crippen LogP contribution in [-0.2, 0) is 11.1 Å². The lowest BCUT2D eigenvalue weighted by Crippen LogP contribution is -2.27. The van der Waals surface area contributed by atoms with E-state index in [4.69, 9.17) is 0 Å². The molecule has 0 aromatic heterocycles. The fourth-order valence-electron chi connectivity index (χ4n) is 3.71. The normalized spacial score (nSPS) is 19.3. The maximum absolute atomic E-state index is 3.65. The first-order valence-corrected chi connectivity index (χ1v) is 9.26. The van der Waals surface area contributed by atoms with Gasteiger partial charge in [-0.15, -0.1) is 0 Å². The second kappa shape index (κ2) is 6.21. The fraction of sp³-hybridized carbons (Fsp3) is 0.250. The largest absolute Gasteiger partial charge is 0.376 e. The topological polar surface area (TPSA) is 15.0 Å². The van der Waals surface area contributed by atoms with E-state index in [0.29, 0.717) is 0 Å². The van der Waals surface area contributed by atoms with Crippen molar-refractivity contribution in [1.29, 1.82) is 0 Å². The standard InChI is InChI=1S/C24H26N2/c1-23(2,19-10-6-4-7-11-19)25-21-14-16-22(17-15-21)26-18-24(26,3)20-12-8-5-9-13-20/h4-17,25H,18H2,1-3H3. The number of nitrogens with one attached hydrogen (secondary N) is 1. The molecule has 2 heteroatoms. The molecule has 4 rings (SSSR count). The first kappa shape index (κ1) is 16.7. The monoisotopic (exact) mass is 342 g/mol. The summed E-state index contributed by atoms with van der Waals surface area (Å²) in [6.45, 7) is 7.81. The molecular formula is C24H26N2. The average Bonchev–Trinajstić information content (AvgIpc) is 3.37. The summed E-state index contributed by atoms with van der Waals surface area (Å²) >= 11 is 0. The summed E-state index contributed by atoms with van der Waals surface area (Å²) < 4.78 is 0. The van der Waals surface area contributed by atoms with Crippen LogP contribution in [0.5, 0.6) is 0 Å². The molecule has 1 heterocycles. The molecule has 1 fully saturated rings. The van der Waals surface area contributed by atoms with Crippen molar-refractivity contribution in [2.24, 2.45) is 0 Å². The maximum atomic E-state index is 3.65. The second-order valence-corrected chi connectivity index (χ2v) is 7.89. The predicted octanol–water partition coefficient (Wildman–Crippen LogP) is 5.77. The molecule has 0 amide bonds. The average molecular weight is 342 g/mol. The molecule has 0 bridgehead atoms. The van der Waals surface area contributed by atoms with Gasteiger partial charge in [-0.05, 0) is 56.2 Å². The van der Waals surface area contributed by atoms with E-state index in [-0.39, 0.29) is 11.1 Å². The van der Waals surface area contributed by atoms with Crippen molar-refractivity contribution in [1.82, 2.24) is 0 Å². The zero-order chi connectivity index (χ0) is 18.2. The number of anilines is 2. The Morgan fingerprint density at radius 2 is 1.38 bits per heavy atom. The Bertz CT molecular complexity index is 869. The number of benzene rings is 3. The minimum atomic E-state index is -0.110. The summed E-state index contributed by atoms with van der Waals surface area (Å²) in [6.07, 6.45) is 0. The Morgan fingerprint density at radius 3 is 2.00 bits per heavy atom. The molecule has 26 heavy (non-hydrogen) atoms. The van der Waals surface area contributed by atoms with Crippen LogP contribution in [0, 0.1) is 0 Å². The van der Waals surface area contributed by atoms with Crippen molar-refractivity contribution in [2.45, 2.75) is 31.8 Å². The highest BCUT2D eigenvalue weighted by atomic mass is 15.4. The molecule has 1 atom stereocenters. The van der Waals surface area contributed by atoms with Gasteiger partial charge >= 0.3 is 0 Å². The Balaban J connectivity index is 1.48. The van der Waals surface area contributed by atoms with Crippen LogP contribution in [0.4, 0.5) is 11.4 Å². The number of nitrogens with zero attached hydrogens (tertiary/aromatic N) is 1. The Kier molecular flexibility index (Phi) is 3.99. The number of rotatable bonds is 5. The van der Waals surface area contributed by atoms with Crippen molar-refractivity contribution in [3.05, 3.63) is 96.1 Å². The molecule has 1 N–H and O–H groups in total. The second-order valence-electron chi connectivity index (χ2n) is 7.89. The highest BCUT2D eigenvalue weighted by Crippen LogP contribution is 2.45. The summed E-state index contributed by atoms with van der Waals surface area (Å²) in [7, 11) is 0. The van der Waals surface area contributed by atoms with Crippen LogP contribution in [0.25, 0.3) is 0 Å². The van der Waals surface area contributed by atoms with E-state index in [1.807, 2.05) is 0 Å². The Labute approximate surface area is 156 Å². The molecule has 0 aliphatic carbocycles. The van der Waals surface area contributed by atoms with E-state index < -0.39 is 0 Å². The zero-order valence-electron chi connectivity index (χ0n) is 15.7. The third kappa shape index (κ3) is 3.08. The van der Waals surface area contributed by atoms with Crippen molar-refractivity contribution in [3.8, 4) is 0 Å². The van der Waals surface area contributed by atoms with E-state index in [1.165, 1.54) is 16.8 Å². The van der Waals surface area contributed by atoms with Gasteiger partial charge in [0.1, 0.15) is 0 Å². The molecule has 1 saturated heterocycles. The van der Waals surface area contributed by atoms with Gasteiger partial charge in [-0.25, -0.2) is 0 Å². The van der Waals surface area contributed by atoms with Crippen LogP contribution in [0.15, 0.2) is 84.9 Å². The van der Waals surface area contributed by atoms with Gasteiger partial charge < -0.3 is 10.2 Å². The lowest BCUT2D eigenvalue weighted by molar-refractivity contribution is 0.609. The van der Waals surface area contributed by atoms with Gasteiger partial charge in [0, 0.05) is 17.9 Å². The summed E-state index contributed by atoms with van der Waals surface area (Å²) in [5.74, 6) is 0. The van der Waals surface area contributed by atoms with Crippen LogP contribution >= 0.6 is 0 Å². The molecule has 132 valence electrons. The first-order valence-electron chi connectivity index (χ1n) is 9.26. The molecule has 1 aliphatic rings. The molecule has 0 radical (unpaired) electrons. The van der Waals surface area contributed by atoms with Crippen molar-refractivity contribution in [2.75, 3.05) is 16.8 Å². The van der Waals surface area contributed by atoms with Crippen LogP contribution in [0.2, 0.25) is 0 Å². The smallest absolute Gasteiger partial charge is 0.0801 e. The van der Waals surface area contributed by atoms with Crippen LogP contribution < -0.4 is 10.2 Å². The Hall–Kier alpha value is -2.74. The quantitative estimate of drug-likeness (QED) is 0.592. The highest BCUT2D eigenvalue weighted by Gasteiger charge is 2.48. The molecule has 2 nitrogen and oxygen atoms in total. The summed E-state index contributed by atoms with van der Waals surface area (Å²) in [5.41, 5.74) is 5.10. The van der Waals surface area contributed by atoms with Gasteiger partial charge in [-0.2, -0.15) is 0 Å². The van der Waals surface area contributed by atoms with Gasteiger partial charge in [0.05, 0.1) is 11.1 Å². The van der Waals surface area contributed by atoms with Crippen molar-refractivity contribution in [3.63, 3.8) is 0 Å². The van der Waals surface area contributed by atoms with Crippen LogP contribution in [0.1, 0.15) is 31.9 Å². The maximum Gasteiger partial charge on any atom is 0.0801 e. The molecule has 1 unspecified atom stereocenters. The summed E-state index contributed by atoms with van der Waals surface area (Å²) in [4.78, 5) is 2.45. The zero-order valence-corrected chi connectivity index (χ0v) is 15.7. The van der Waals surface area contributed by atoms with Crippen LogP contribution in [-0.4, -0.2) is 6.54 Å². The van der Waals surface area contributed by atoms with Gasteiger partial charge in [-0.3, -0.25) is 0 Å². The van der Waals surface area contributed by atoms with Gasteiger partial charge in [0.25, 0.3) is 0 Å². The molecule has 0 saturated carbocycles. The number of hydrogen-bond donors (Lipinski definition) is 1. The molecule has 0 spiro atoms. The van der Waals surface area contributed by atoms with Gasteiger partial charge in [0.15, 0.2) is 0 Å². The lowest BCUT2D eigenvalue weighted by Gasteiger charge is -2.28. The van der Waals surface area contributed by atoms with Crippen molar-refractivity contribution >= 4 is 11.4 Å². The minimum absolute atomic E-state index is 0.110. The fourth-order valence-corrected chi connectivity index (χ4v) is 3.71. The van der Waals surface area contributed by atoms with Gasteiger partial charge in [-0.1, -0.05) is 60.7 Å². The van der Waals surface area contributed by atoms with Gasteiger partial charge in [0.2, 0.25) is 0 Å². The molecule has 3 aromatic rings. The van der Waals surface area contributed by atoms with E-state index in [2.05, 4.69) is 116 Å². The third-order valence-electron chi connectivity index (χ3n) is 5.49. The molecular weight excluding hydrogens is 316 g/mol. The van der Waals surface area contributed by atoms with E-state index >= 15 is 0 Å². The predicted molar refractivity (Wildman–Crippen MR) is 111 cm³/mol. The molecule has 1 aliphatic heterocycles. The SMILES string of the molecule is CC(C)(Nc1ccc(N2CC2(C)c2ccccc2)cc1)c1ccccc1. The number of hydrogen-bond acceptors (Lipinski definition) is 2. The summed E-state index contributed by atoms with van der Waals surface area (Å²) in [5, 5.41) is 3.65. The minimum Gasteiger partial charge on any atom is -0.376 e. The van der Waals surface area contributed by atoms with Crippen LogP contribution in [0.3, 0.4) is 0 Å². The van der Waals surface area contributed by atoms with E-state index in [1.54, 1.807) is 0 Å². The lowest BCUT2D eigenvalue weighted by atomic mass is 9.94. The molecule has 3 aromatic carbocycles. The Morgan fingerprint density at radius 1 is 0.808 bits per heavy atom. The van der Waals surface area contributed by atoms with E-state index in [0.717, 1.165) is 12.2 Å². The van der Waals surface area contributed by atoms with Crippen molar-refractivity contribution < 1.29 is 0 Å². The third-order valence-corrected chi connectivity index (χ3v) is 5.49. The first-order chi connectivity index (χ1) is 12.5. The highest BCUT2D eigenvalue weighted by molar-refractivity contribution is 5.63.